The highest BCUT2D eigenvalue weighted by molar-refractivity contribution is 7.91. The van der Waals surface area contributed by atoms with Crippen molar-refractivity contribution in [1.29, 1.82) is 0 Å². The first kappa shape index (κ1) is 13.2. The Labute approximate surface area is 108 Å². The Morgan fingerprint density at radius 1 is 1.28 bits per heavy atom. The minimum absolute atomic E-state index is 0.213. The van der Waals surface area contributed by atoms with Crippen LogP contribution in [-0.2, 0) is 9.84 Å². The van der Waals surface area contributed by atoms with E-state index in [0.29, 0.717) is 12.8 Å². The number of rotatable bonds is 3. The van der Waals surface area contributed by atoms with Gasteiger partial charge in [-0.15, -0.1) is 0 Å². The second-order valence-corrected chi connectivity index (χ2v) is 7.08. The summed E-state index contributed by atoms with van der Waals surface area (Å²) in [6.45, 7) is 2.01. The zero-order chi connectivity index (χ0) is 13.2. The van der Waals surface area contributed by atoms with E-state index in [-0.39, 0.29) is 17.5 Å². The van der Waals surface area contributed by atoms with Crippen molar-refractivity contribution in [2.45, 2.75) is 25.8 Å². The molecule has 1 aliphatic heterocycles. The first-order valence-corrected chi connectivity index (χ1v) is 7.94. The molecule has 0 unspecified atom stereocenters. The number of aryl methyl sites for hydroxylation is 1. The Morgan fingerprint density at radius 2 is 1.94 bits per heavy atom. The molecular weight excluding hydrogens is 250 g/mol. The summed E-state index contributed by atoms with van der Waals surface area (Å²) in [5.74, 6) is 1.36. The van der Waals surface area contributed by atoms with Crippen LogP contribution in [0.3, 0.4) is 0 Å². The average molecular weight is 269 g/mol. The molecule has 1 fully saturated rings. The van der Waals surface area contributed by atoms with E-state index < -0.39 is 9.84 Å². The van der Waals surface area contributed by atoms with Gasteiger partial charge < -0.3 is 10.1 Å². The van der Waals surface area contributed by atoms with E-state index in [2.05, 4.69) is 5.32 Å². The first-order valence-electron chi connectivity index (χ1n) is 6.12. The predicted molar refractivity (Wildman–Crippen MR) is 73.0 cm³/mol. The summed E-state index contributed by atoms with van der Waals surface area (Å²) >= 11 is 0. The molecule has 0 atom stereocenters. The molecule has 0 amide bonds. The van der Waals surface area contributed by atoms with E-state index in [1.165, 1.54) is 0 Å². The maximum absolute atomic E-state index is 11.4. The van der Waals surface area contributed by atoms with Crippen molar-refractivity contribution in [3.63, 3.8) is 0 Å². The van der Waals surface area contributed by atoms with E-state index in [4.69, 9.17) is 4.74 Å². The fourth-order valence-electron chi connectivity index (χ4n) is 2.17. The minimum Gasteiger partial charge on any atom is -0.495 e. The van der Waals surface area contributed by atoms with Crippen LogP contribution in [0.25, 0.3) is 0 Å². The van der Waals surface area contributed by atoms with Gasteiger partial charge in [0, 0.05) is 6.04 Å². The monoisotopic (exact) mass is 269 g/mol. The van der Waals surface area contributed by atoms with Gasteiger partial charge in [-0.05, 0) is 37.5 Å². The fourth-order valence-corrected chi connectivity index (χ4v) is 3.66. The SMILES string of the molecule is COc1cc(C)ccc1NC1CCS(=O)(=O)CC1. The van der Waals surface area contributed by atoms with Gasteiger partial charge in [-0.25, -0.2) is 8.42 Å². The Morgan fingerprint density at radius 3 is 2.56 bits per heavy atom. The lowest BCUT2D eigenvalue weighted by atomic mass is 10.1. The van der Waals surface area contributed by atoms with Gasteiger partial charge in [-0.2, -0.15) is 0 Å². The van der Waals surface area contributed by atoms with Gasteiger partial charge in [0.25, 0.3) is 0 Å². The molecule has 4 nitrogen and oxygen atoms in total. The molecule has 100 valence electrons. The van der Waals surface area contributed by atoms with Crippen LogP contribution in [0.5, 0.6) is 5.75 Å². The van der Waals surface area contributed by atoms with Crippen LogP contribution in [0.1, 0.15) is 18.4 Å². The fraction of sp³-hybridized carbons (Fsp3) is 0.538. The lowest BCUT2D eigenvalue weighted by molar-refractivity contribution is 0.415. The van der Waals surface area contributed by atoms with Crippen molar-refractivity contribution in [1.82, 2.24) is 0 Å². The first-order chi connectivity index (χ1) is 8.50. The van der Waals surface area contributed by atoms with Gasteiger partial charge in [-0.1, -0.05) is 6.07 Å². The molecule has 1 aliphatic rings. The normalized spacial score (nSPS) is 19.4. The third-order valence-corrected chi connectivity index (χ3v) is 4.99. The second kappa shape index (κ2) is 5.18. The Balaban J connectivity index is 2.06. The molecule has 1 N–H and O–H groups in total. The van der Waals surface area contributed by atoms with Crippen LogP contribution in [0.15, 0.2) is 18.2 Å². The lowest BCUT2D eigenvalue weighted by Crippen LogP contribution is -2.32. The van der Waals surface area contributed by atoms with Gasteiger partial charge in [0.1, 0.15) is 15.6 Å². The van der Waals surface area contributed by atoms with Crippen molar-refractivity contribution in [2.24, 2.45) is 0 Å². The van der Waals surface area contributed by atoms with Gasteiger partial charge in [-0.3, -0.25) is 0 Å². The zero-order valence-corrected chi connectivity index (χ0v) is 11.6. The molecule has 0 saturated carbocycles. The van der Waals surface area contributed by atoms with E-state index in [1.54, 1.807) is 7.11 Å². The van der Waals surface area contributed by atoms with Crippen LogP contribution in [0, 0.1) is 6.92 Å². The standard InChI is InChI=1S/C13H19NO3S/c1-10-3-4-12(13(9-10)17-2)14-11-5-7-18(15,16)8-6-11/h3-4,9,11,14H,5-8H2,1-2H3. The van der Waals surface area contributed by atoms with Crippen molar-refractivity contribution < 1.29 is 13.2 Å². The number of ether oxygens (including phenoxy) is 1. The average Bonchev–Trinajstić information content (AvgIpc) is 2.34. The van der Waals surface area contributed by atoms with Crippen LogP contribution in [-0.4, -0.2) is 33.1 Å². The highest BCUT2D eigenvalue weighted by Crippen LogP contribution is 2.27. The number of hydrogen-bond acceptors (Lipinski definition) is 4. The van der Waals surface area contributed by atoms with Crippen molar-refractivity contribution in [3.05, 3.63) is 23.8 Å². The number of anilines is 1. The maximum atomic E-state index is 11.4. The molecule has 1 aromatic carbocycles. The van der Waals surface area contributed by atoms with E-state index in [9.17, 15) is 8.42 Å². The van der Waals surface area contributed by atoms with Crippen molar-refractivity contribution >= 4 is 15.5 Å². The van der Waals surface area contributed by atoms with Crippen LogP contribution >= 0.6 is 0 Å². The molecular formula is C13H19NO3S. The number of sulfone groups is 1. The van der Waals surface area contributed by atoms with Crippen LogP contribution in [0.2, 0.25) is 0 Å². The minimum atomic E-state index is -2.80. The smallest absolute Gasteiger partial charge is 0.150 e. The molecule has 18 heavy (non-hydrogen) atoms. The summed E-state index contributed by atoms with van der Waals surface area (Å²) in [5, 5.41) is 3.38. The van der Waals surface area contributed by atoms with Gasteiger partial charge in [0.15, 0.2) is 0 Å². The maximum Gasteiger partial charge on any atom is 0.150 e. The Kier molecular flexibility index (Phi) is 3.80. The van der Waals surface area contributed by atoms with Crippen molar-refractivity contribution in [2.75, 3.05) is 23.9 Å². The summed E-state index contributed by atoms with van der Waals surface area (Å²) < 4.78 is 28.1. The number of nitrogens with one attached hydrogen (secondary N) is 1. The molecule has 1 saturated heterocycles. The Bertz CT molecular complexity index is 511. The number of hydrogen-bond donors (Lipinski definition) is 1. The lowest BCUT2D eigenvalue weighted by Gasteiger charge is -2.25. The second-order valence-electron chi connectivity index (χ2n) is 4.77. The largest absolute Gasteiger partial charge is 0.495 e. The summed E-state index contributed by atoms with van der Waals surface area (Å²) in [4.78, 5) is 0. The van der Waals surface area contributed by atoms with Crippen LogP contribution in [0.4, 0.5) is 5.69 Å². The summed E-state index contributed by atoms with van der Waals surface area (Å²) in [7, 11) is -1.16. The number of methoxy groups -OCH3 is 1. The van der Waals surface area contributed by atoms with Crippen LogP contribution < -0.4 is 10.1 Å². The molecule has 0 bridgehead atoms. The topological polar surface area (TPSA) is 55.4 Å². The zero-order valence-electron chi connectivity index (χ0n) is 10.8. The van der Waals surface area contributed by atoms with E-state index in [0.717, 1.165) is 17.0 Å². The molecule has 0 radical (unpaired) electrons. The quantitative estimate of drug-likeness (QED) is 0.911. The number of benzene rings is 1. The summed E-state index contributed by atoms with van der Waals surface area (Å²) in [6, 6.07) is 6.19. The molecule has 2 rings (SSSR count). The highest BCUT2D eigenvalue weighted by Gasteiger charge is 2.23. The molecule has 1 aromatic rings. The highest BCUT2D eigenvalue weighted by atomic mass is 32.2. The molecule has 0 spiro atoms. The third kappa shape index (κ3) is 3.16. The summed E-state index contributed by atoms with van der Waals surface area (Å²) in [5.41, 5.74) is 2.08. The molecule has 1 heterocycles. The van der Waals surface area contributed by atoms with E-state index >= 15 is 0 Å². The van der Waals surface area contributed by atoms with Gasteiger partial charge in [0.2, 0.25) is 0 Å². The summed E-state index contributed by atoms with van der Waals surface area (Å²) in [6.07, 6.45) is 1.33. The van der Waals surface area contributed by atoms with Gasteiger partial charge >= 0.3 is 0 Å². The third-order valence-electron chi connectivity index (χ3n) is 3.27. The van der Waals surface area contributed by atoms with Crippen molar-refractivity contribution in [3.8, 4) is 5.75 Å². The molecule has 0 aliphatic carbocycles. The molecule has 5 heteroatoms. The molecule has 0 aromatic heterocycles. The van der Waals surface area contributed by atoms with Gasteiger partial charge in [0.05, 0.1) is 24.3 Å². The Hall–Kier alpha value is -1.23. The van der Waals surface area contributed by atoms with E-state index in [1.807, 2.05) is 25.1 Å². The predicted octanol–water partition coefficient (Wildman–Crippen LogP) is 1.99.